The first-order valence-corrected chi connectivity index (χ1v) is 11.2. The monoisotopic (exact) mass is 393 g/mol. The molecule has 1 aromatic carbocycles. The molecule has 2 saturated heterocycles. The standard InChI is InChI=1S/C19H27N3O4S/c1-27(25,26)22-9-7-17(8-10-22)19(24)21-13-11-20(12-14-21)15-18(23)16-5-3-2-4-6-16/h2-6,17H,7-15H2,1H3. The van der Waals surface area contributed by atoms with Crippen molar-refractivity contribution in [3.63, 3.8) is 0 Å². The van der Waals surface area contributed by atoms with E-state index in [1.54, 1.807) is 0 Å². The van der Waals surface area contributed by atoms with Gasteiger partial charge in [-0.1, -0.05) is 30.3 Å². The Morgan fingerprint density at radius 2 is 1.56 bits per heavy atom. The van der Waals surface area contributed by atoms with Crippen molar-refractivity contribution in [2.24, 2.45) is 5.92 Å². The summed E-state index contributed by atoms with van der Waals surface area (Å²) in [6.07, 6.45) is 2.38. The molecule has 1 aromatic rings. The zero-order valence-corrected chi connectivity index (χ0v) is 16.5. The van der Waals surface area contributed by atoms with E-state index in [2.05, 4.69) is 4.90 Å². The van der Waals surface area contributed by atoms with Gasteiger partial charge in [0.1, 0.15) is 0 Å². The SMILES string of the molecule is CS(=O)(=O)N1CCC(C(=O)N2CCN(CC(=O)c3ccccc3)CC2)CC1. The number of amides is 1. The smallest absolute Gasteiger partial charge is 0.225 e. The van der Waals surface area contributed by atoms with Gasteiger partial charge in [-0.3, -0.25) is 14.5 Å². The van der Waals surface area contributed by atoms with E-state index >= 15 is 0 Å². The Balaban J connectivity index is 1.45. The third-order valence-electron chi connectivity index (χ3n) is 5.42. The number of ketones is 1. The molecule has 1 amide bonds. The summed E-state index contributed by atoms with van der Waals surface area (Å²) in [5.41, 5.74) is 0.716. The van der Waals surface area contributed by atoms with E-state index in [9.17, 15) is 18.0 Å². The van der Waals surface area contributed by atoms with Crippen molar-refractivity contribution in [3.8, 4) is 0 Å². The molecule has 0 N–H and O–H groups in total. The number of sulfonamides is 1. The first-order chi connectivity index (χ1) is 12.8. The molecule has 2 aliphatic heterocycles. The van der Waals surface area contributed by atoms with Crippen LogP contribution in [0, 0.1) is 5.92 Å². The fourth-order valence-corrected chi connectivity index (χ4v) is 4.61. The Kier molecular flexibility index (Phi) is 6.29. The Morgan fingerprint density at radius 1 is 0.963 bits per heavy atom. The quantitative estimate of drug-likeness (QED) is 0.688. The van der Waals surface area contributed by atoms with Gasteiger partial charge in [-0.05, 0) is 12.8 Å². The van der Waals surface area contributed by atoms with Gasteiger partial charge in [0.15, 0.2) is 5.78 Å². The summed E-state index contributed by atoms with van der Waals surface area (Å²) in [6, 6.07) is 9.26. The normalized spacial score (nSPS) is 20.6. The number of piperazine rings is 1. The number of carbonyl (C=O) groups is 2. The van der Waals surface area contributed by atoms with Crippen molar-refractivity contribution < 1.29 is 18.0 Å². The highest BCUT2D eigenvalue weighted by molar-refractivity contribution is 7.88. The van der Waals surface area contributed by atoms with Crippen molar-refractivity contribution in [1.82, 2.24) is 14.1 Å². The van der Waals surface area contributed by atoms with Gasteiger partial charge in [0.2, 0.25) is 15.9 Å². The molecule has 0 spiro atoms. The van der Waals surface area contributed by atoms with Crippen LogP contribution in [0.4, 0.5) is 0 Å². The maximum atomic E-state index is 12.7. The molecular formula is C19H27N3O4S. The molecule has 2 heterocycles. The van der Waals surface area contributed by atoms with E-state index in [4.69, 9.17) is 0 Å². The molecule has 0 aromatic heterocycles. The number of Topliss-reactive ketones (excluding diaryl/α,β-unsaturated/α-hetero) is 1. The Morgan fingerprint density at radius 3 is 2.11 bits per heavy atom. The summed E-state index contributed by atoms with van der Waals surface area (Å²) in [5, 5.41) is 0. The number of piperidine rings is 1. The Labute approximate surface area is 161 Å². The third-order valence-corrected chi connectivity index (χ3v) is 6.72. The van der Waals surface area contributed by atoms with Gasteiger partial charge in [-0.25, -0.2) is 12.7 Å². The van der Waals surface area contributed by atoms with Crippen molar-refractivity contribution in [2.75, 3.05) is 52.1 Å². The van der Waals surface area contributed by atoms with Crippen LogP contribution in [0.25, 0.3) is 0 Å². The van der Waals surface area contributed by atoms with E-state index in [-0.39, 0.29) is 17.6 Å². The van der Waals surface area contributed by atoms with Gasteiger partial charge in [0.05, 0.1) is 12.8 Å². The number of hydrogen-bond acceptors (Lipinski definition) is 5. The number of hydrogen-bond donors (Lipinski definition) is 0. The van der Waals surface area contributed by atoms with Gasteiger partial charge in [-0.2, -0.15) is 0 Å². The lowest BCUT2D eigenvalue weighted by atomic mass is 9.96. The molecular weight excluding hydrogens is 366 g/mol. The highest BCUT2D eigenvalue weighted by Crippen LogP contribution is 2.22. The average Bonchev–Trinajstić information content (AvgIpc) is 2.68. The van der Waals surface area contributed by atoms with Crippen LogP contribution < -0.4 is 0 Å². The van der Waals surface area contributed by atoms with Gasteiger partial charge in [-0.15, -0.1) is 0 Å². The summed E-state index contributed by atoms with van der Waals surface area (Å²) in [5.74, 6) is 0.126. The van der Waals surface area contributed by atoms with Crippen LogP contribution in [0.15, 0.2) is 30.3 Å². The number of nitrogens with zero attached hydrogens (tertiary/aromatic N) is 3. The molecule has 0 saturated carbocycles. The van der Waals surface area contributed by atoms with Crippen LogP contribution >= 0.6 is 0 Å². The second kappa shape index (κ2) is 8.50. The summed E-state index contributed by atoms with van der Waals surface area (Å²) < 4.78 is 24.6. The van der Waals surface area contributed by atoms with Crippen molar-refractivity contribution in [3.05, 3.63) is 35.9 Å². The van der Waals surface area contributed by atoms with E-state index in [1.807, 2.05) is 35.2 Å². The molecule has 2 aliphatic rings. The lowest BCUT2D eigenvalue weighted by Gasteiger charge is -2.38. The lowest BCUT2D eigenvalue weighted by molar-refractivity contribution is -0.138. The zero-order valence-electron chi connectivity index (χ0n) is 15.7. The molecule has 0 radical (unpaired) electrons. The predicted molar refractivity (Wildman–Crippen MR) is 103 cm³/mol. The summed E-state index contributed by atoms with van der Waals surface area (Å²) in [7, 11) is -3.17. The Hall–Kier alpha value is -1.77. The molecule has 148 valence electrons. The summed E-state index contributed by atoms with van der Waals surface area (Å²) >= 11 is 0. The van der Waals surface area contributed by atoms with Crippen molar-refractivity contribution in [2.45, 2.75) is 12.8 Å². The van der Waals surface area contributed by atoms with Crippen LogP contribution in [0.5, 0.6) is 0 Å². The van der Waals surface area contributed by atoms with Crippen LogP contribution in [0.2, 0.25) is 0 Å². The first kappa shape index (κ1) is 20.0. The lowest BCUT2D eigenvalue weighted by Crippen LogP contribution is -2.52. The second-order valence-electron chi connectivity index (χ2n) is 7.33. The second-order valence-corrected chi connectivity index (χ2v) is 9.31. The Bertz CT molecular complexity index is 765. The van der Waals surface area contributed by atoms with Crippen molar-refractivity contribution >= 4 is 21.7 Å². The average molecular weight is 394 g/mol. The third kappa shape index (κ3) is 5.15. The van der Waals surface area contributed by atoms with Crippen molar-refractivity contribution in [1.29, 1.82) is 0 Å². The fourth-order valence-electron chi connectivity index (χ4n) is 3.74. The van der Waals surface area contributed by atoms with Gasteiger partial charge in [0.25, 0.3) is 0 Å². The van der Waals surface area contributed by atoms with E-state index < -0.39 is 10.0 Å². The first-order valence-electron chi connectivity index (χ1n) is 9.39. The number of benzene rings is 1. The molecule has 0 aliphatic carbocycles. The number of rotatable bonds is 5. The largest absolute Gasteiger partial charge is 0.340 e. The summed E-state index contributed by atoms with van der Waals surface area (Å²) in [6.45, 7) is 3.82. The van der Waals surface area contributed by atoms with Crippen LogP contribution in [0.3, 0.4) is 0 Å². The maximum absolute atomic E-state index is 12.7. The zero-order chi connectivity index (χ0) is 19.4. The molecule has 2 fully saturated rings. The van der Waals surface area contributed by atoms with Gasteiger partial charge in [0, 0.05) is 50.7 Å². The van der Waals surface area contributed by atoms with Crippen LogP contribution in [-0.2, 0) is 14.8 Å². The molecule has 0 bridgehead atoms. The predicted octanol–water partition coefficient (Wildman–Crippen LogP) is 0.685. The highest BCUT2D eigenvalue weighted by atomic mass is 32.2. The highest BCUT2D eigenvalue weighted by Gasteiger charge is 2.32. The van der Waals surface area contributed by atoms with E-state index in [0.29, 0.717) is 64.2 Å². The van der Waals surface area contributed by atoms with E-state index in [1.165, 1.54) is 10.6 Å². The molecule has 3 rings (SSSR count). The minimum absolute atomic E-state index is 0.0968. The minimum Gasteiger partial charge on any atom is -0.340 e. The number of carbonyl (C=O) groups excluding carboxylic acids is 2. The van der Waals surface area contributed by atoms with Gasteiger partial charge >= 0.3 is 0 Å². The topological polar surface area (TPSA) is 78.0 Å². The fraction of sp³-hybridized carbons (Fsp3) is 0.579. The maximum Gasteiger partial charge on any atom is 0.225 e. The van der Waals surface area contributed by atoms with Crippen LogP contribution in [0.1, 0.15) is 23.2 Å². The molecule has 7 nitrogen and oxygen atoms in total. The minimum atomic E-state index is -3.17. The summed E-state index contributed by atoms with van der Waals surface area (Å²) in [4.78, 5) is 29.0. The van der Waals surface area contributed by atoms with Gasteiger partial charge < -0.3 is 4.90 Å². The van der Waals surface area contributed by atoms with E-state index in [0.717, 1.165) is 0 Å². The molecule has 27 heavy (non-hydrogen) atoms. The molecule has 0 atom stereocenters. The molecule has 8 heteroatoms. The molecule has 0 unspecified atom stereocenters. The van der Waals surface area contributed by atoms with Crippen LogP contribution in [-0.4, -0.2) is 86.3 Å².